The summed E-state index contributed by atoms with van der Waals surface area (Å²) in [7, 11) is 0. The van der Waals surface area contributed by atoms with Gasteiger partial charge in [-0.3, -0.25) is 9.59 Å². The van der Waals surface area contributed by atoms with Crippen LogP contribution in [0.4, 0.5) is 0 Å². The van der Waals surface area contributed by atoms with E-state index in [2.05, 4.69) is 21.2 Å². The van der Waals surface area contributed by atoms with Gasteiger partial charge in [0.2, 0.25) is 5.91 Å². The van der Waals surface area contributed by atoms with Gasteiger partial charge in [-0.15, -0.1) is 0 Å². The Balaban J connectivity index is 1.73. The first kappa shape index (κ1) is 24.6. The molecule has 1 aliphatic carbocycles. The highest BCUT2D eigenvalue weighted by atomic mass is 79.9. The molecule has 1 saturated carbocycles. The van der Waals surface area contributed by atoms with Gasteiger partial charge in [0, 0.05) is 17.6 Å². The Hall–Kier alpha value is -2.05. The summed E-state index contributed by atoms with van der Waals surface area (Å²) >= 11 is 9.39. The van der Waals surface area contributed by atoms with Gasteiger partial charge in [0.1, 0.15) is 11.8 Å². The van der Waals surface area contributed by atoms with E-state index in [0.717, 1.165) is 36.8 Å². The summed E-state index contributed by atoms with van der Waals surface area (Å²) in [6.07, 6.45) is 5.48. The summed E-state index contributed by atoms with van der Waals surface area (Å²) in [6, 6.07) is 12.6. The molecule has 2 aromatic rings. The van der Waals surface area contributed by atoms with Gasteiger partial charge < -0.3 is 15.0 Å². The number of halogens is 2. The molecule has 1 N–H and O–H groups in total. The number of amides is 2. The number of carbonyl (C=O) groups is 2. The first-order chi connectivity index (χ1) is 15.3. The Morgan fingerprint density at radius 1 is 1.19 bits per heavy atom. The molecule has 1 aliphatic rings. The molecule has 0 aliphatic heterocycles. The smallest absolute Gasteiger partial charge is 0.261 e. The summed E-state index contributed by atoms with van der Waals surface area (Å²) in [5.74, 6) is 0.158. The van der Waals surface area contributed by atoms with E-state index >= 15 is 0 Å². The summed E-state index contributed by atoms with van der Waals surface area (Å²) in [5.41, 5.74) is 2.08. The van der Waals surface area contributed by atoms with Crippen molar-refractivity contribution < 1.29 is 14.3 Å². The minimum atomic E-state index is -0.610. The van der Waals surface area contributed by atoms with E-state index in [9.17, 15) is 9.59 Å². The lowest BCUT2D eigenvalue weighted by atomic mass is 9.95. The first-order valence-corrected chi connectivity index (χ1v) is 12.2. The van der Waals surface area contributed by atoms with Crippen LogP contribution in [0.1, 0.15) is 50.2 Å². The van der Waals surface area contributed by atoms with Gasteiger partial charge >= 0.3 is 0 Å². The van der Waals surface area contributed by atoms with Crippen LogP contribution in [0.3, 0.4) is 0 Å². The fraction of sp³-hybridized carbons (Fsp3) is 0.440. The first-order valence-electron chi connectivity index (χ1n) is 11.1. The maximum atomic E-state index is 13.2. The van der Waals surface area contributed by atoms with Gasteiger partial charge in [0.15, 0.2) is 6.61 Å². The molecular weight excluding hydrogens is 492 g/mol. The van der Waals surface area contributed by atoms with Crippen molar-refractivity contribution in [2.45, 2.75) is 64.6 Å². The van der Waals surface area contributed by atoms with Crippen molar-refractivity contribution in [1.29, 1.82) is 0 Å². The second-order valence-corrected chi connectivity index (χ2v) is 9.62. The topological polar surface area (TPSA) is 58.6 Å². The third kappa shape index (κ3) is 6.72. The van der Waals surface area contributed by atoms with E-state index < -0.39 is 6.04 Å². The van der Waals surface area contributed by atoms with E-state index in [1.54, 1.807) is 30.0 Å². The number of rotatable bonds is 8. The number of hydrogen-bond acceptors (Lipinski definition) is 3. The quantitative estimate of drug-likeness (QED) is 0.488. The summed E-state index contributed by atoms with van der Waals surface area (Å²) in [6.45, 7) is 3.96. The molecule has 1 fully saturated rings. The van der Waals surface area contributed by atoms with E-state index in [-0.39, 0.29) is 24.5 Å². The van der Waals surface area contributed by atoms with Crippen LogP contribution in [0.25, 0.3) is 0 Å². The van der Waals surface area contributed by atoms with E-state index in [4.69, 9.17) is 16.3 Å². The molecule has 5 nitrogen and oxygen atoms in total. The standard InChI is InChI=1S/C25H30BrClN2O3/c1-17-8-6-7-9-19(17)15-29(18(2)25(31)28-21-10-4-3-5-11-21)24(30)16-32-23-13-12-20(27)14-22(23)26/h6-9,12-14,18,21H,3-5,10-11,15-16H2,1-2H3,(H,28,31). The van der Waals surface area contributed by atoms with Gasteiger partial charge in [-0.1, -0.05) is 55.1 Å². The second kappa shape index (κ2) is 11.7. The van der Waals surface area contributed by atoms with Crippen molar-refractivity contribution in [1.82, 2.24) is 10.2 Å². The van der Waals surface area contributed by atoms with Gasteiger partial charge in [-0.2, -0.15) is 0 Å². The lowest BCUT2D eigenvalue weighted by Gasteiger charge is -2.31. The minimum Gasteiger partial charge on any atom is -0.483 e. The molecule has 1 unspecified atom stereocenters. The Morgan fingerprint density at radius 3 is 2.59 bits per heavy atom. The van der Waals surface area contributed by atoms with E-state index in [0.29, 0.717) is 21.8 Å². The molecule has 2 amide bonds. The zero-order valence-corrected chi connectivity index (χ0v) is 20.9. The Kier molecular flexibility index (Phi) is 9.00. The highest BCUT2D eigenvalue weighted by Gasteiger charge is 2.28. The number of nitrogens with zero attached hydrogens (tertiary/aromatic N) is 1. The number of aryl methyl sites for hydroxylation is 1. The van der Waals surface area contributed by atoms with E-state index in [1.807, 2.05) is 31.2 Å². The largest absolute Gasteiger partial charge is 0.483 e. The van der Waals surface area contributed by atoms with Crippen LogP contribution >= 0.6 is 27.5 Å². The molecule has 2 aromatic carbocycles. The van der Waals surface area contributed by atoms with Gasteiger partial charge in [0.25, 0.3) is 5.91 Å². The lowest BCUT2D eigenvalue weighted by Crippen LogP contribution is -2.51. The molecule has 0 radical (unpaired) electrons. The average Bonchev–Trinajstić information content (AvgIpc) is 2.78. The summed E-state index contributed by atoms with van der Waals surface area (Å²) in [4.78, 5) is 27.9. The lowest BCUT2D eigenvalue weighted by molar-refractivity contribution is -0.142. The number of hydrogen-bond donors (Lipinski definition) is 1. The third-order valence-corrected chi connectivity index (χ3v) is 6.82. The predicted octanol–water partition coefficient (Wildman–Crippen LogP) is 5.66. The second-order valence-electron chi connectivity index (χ2n) is 8.33. The maximum absolute atomic E-state index is 13.2. The Bertz CT molecular complexity index is 947. The molecule has 0 heterocycles. The molecule has 0 spiro atoms. The van der Waals surface area contributed by atoms with Gasteiger partial charge in [-0.25, -0.2) is 0 Å². The zero-order chi connectivity index (χ0) is 23.1. The monoisotopic (exact) mass is 520 g/mol. The fourth-order valence-corrected chi connectivity index (χ4v) is 4.73. The SMILES string of the molecule is Cc1ccccc1CN(C(=O)COc1ccc(Cl)cc1Br)C(C)C(=O)NC1CCCCC1. The van der Waals surface area contributed by atoms with Crippen LogP contribution in [0.5, 0.6) is 5.75 Å². The van der Waals surface area contributed by atoms with Crippen LogP contribution in [-0.4, -0.2) is 35.4 Å². The number of benzene rings is 2. The zero-order valence-electron chi connectivity index (χ0n) is 18.6. The number of carbonyl (C=O) groups excluding carboxylic acids is 2. The van der Waals surface area contributed by atoms with Crippen molar-refractivity contribution in [3.63, 3.8) is 0 Å². The van der Waals surface area contributed by atoms with Crippen LogP contribution in [0, 0.1) is 6.92 Å². The van der Waals surface area contributed by atoms with Crippen LogP contribution in [0.15, 0.2) is 46.9 Å². The molecule has 172 valence electrons. The number of nitrogens with one attached hydrogen (secondary N) is 1. The summed E-state index contributed by atoms with van der Waals surface area (Å²) < 4.78 is 6.43. The van der Waals surface area contributed by atoms with Crippen molar-refractivity contribution in [2.75, 3.05) is 6.61 Å². The molecule has 1 atom stereocenters. The highest BCUT2D eigenvalue weighted by molar-refractivity contribution is 9.10. The third-order valence-electron chi connectivity index (χ3n) is 5.97. The van der Waals surface area contributed by atoms with Crippen LogP contribution in [0.2, 0.25) is 5.02 Å². The molecule has 0 saturated heterocycles. The molecule has 3 rings (SSSR count). The normalized spacial score (nSPS) is 15.1. The number of ether oxygens (including phenoxy) is 1. The molecular formula is C25H30BrClN2O3. The average molecular weight is 522 g/mol. The van der Waals surface area contributed by atoms with Crippen molar-refractivity contribution in [3.05, 3.63) is 63.1 Å². The van der Waals surface area contributed by atoms with Crippen molar-refractivity contribution >= 4 is 39.3 Å². The maximum Gasteiger partial charge on any atom is 0.261 e. The highest BCUT2D eigenvalue weighted by Crippen LogP contribution is 2.28. The van der Waals surface area contributed by atoms with Gasteiger partial charge in [0.05, 0.1) is 4.47 Å². The minimum absolute atomic E-state index is 0.119. The molecule has 0 bridgehead atoms. The van der Waals surface area contributed by atoms with Crippen LogP contribution < -0.4 is 10.1 Å². The van der Waals surface area contributed by atoms with Crippen molar-refractivity contribution in [3.8, 4) is 5.75 Å². The Morgan fingerprint density at radius 2 is 1.91 bits per heavy atom. The Labute approximate surface area is 203 Å². The van der Waals surface area contributed by atoms with E-state index in [1.165, 1.54) is 6.42 Å². The predicted molar refractivity (Wildman–Crippen MR) is 131 cm³/mol. The van der Waals surface area contributed by atoms with Gasteiger partial charge in [-0.05, 0) is 71.9 Å². The van der Waals surface area contributed by atoms with Crippen molar-refractivity contribution in [2.24, 2.45) is 0 Å². The van der Waals surface area contributed by atoms with Crippen LogP contribution in [-0.2, 0) is 16.1 Å². The summed E-state index contributed by atoms with van der Waals surface area (Å²) in [5, 5.41) is 3.72. The molecule has 32 heavy (non-hydrogen) atoms. The molecule has 0 aromatic heterocycles. The molecule has 7 heteroatoms. The fourth-order valence-electron chi connectivity index (χ4n) is 3.94.